The van der Waals surface area contributed by atoms with Crippen molar-refractivity contribution >= 4 is 5.78 Å². The molecule has 5 heteroatoms. The van der Waals surface area contributed by atoms with E-state index in [1.165, 1.54) is 6.92 Å². The molecule has 0 aliphatic carbocycles. The zero-order valence-electron chi connectivity index (χ0n) is 9.93. The third-order valence-corrected chi connectivity index (χ3v) is 3.00. The summed E-state index contributed by atoms with van der Waals surface area (Å²) in [4.78, 5) is 17.6. The van der Waals surface area contributed by atoms with Crippen molar-refractivity contribution in [2.75, 3.05) is 6.54 Å². The number of aromatic nitrogens is 2. The molecule has 1 aliphatic heterocycles. The van der Waals surface area contributed by atoms with E-state index in [-0.39, 0.29) is 17.7 Å². The highest BCUT2D eigenvalue weighted by atomic mass is 16.5. The highest BCUT2D eigenvalue weighted by molar-refractivity contribution is 5.89. The number of Topliss-reactive ketones (excluding diaryl/α,β-unsaturated/α-hetero) is 1. The van der Waals surface area contributed by atoms with Crippen LogP contribution in [0.2, 0.25) is 0 Å². The summed E-state index contributed by atoms with van der Waals surface area (Å²) in [5.41, 5.74) is 0. The molecular formula is C11H17N3O2. The molecule has 1 atom stereocenters. The molecule has 5 nitrogen and oxygen atoms in total. The van der Waals surface area contributed by atoms with Crippen LogP contribution >= 0.6 is 0 Å². The lowest BCUT2D eigenvalue weighted by Gasteiger charge is -2.25. The van der Waals surface area contributed by atoms with Crippen LogP contribution < -0.4 is 0 Å². The van der Waals surface area contributed by atoms with Gasteiger partial charge in [-0.2, -0.15) is 4.98 Å². The van der Waals surface area contributed by atoms with Crippen LogP contribution in [0.1, 0.15) is 56.2 Å². The summed E-state index contributed by atoms with van der Waals surface area (Å²) in [6.07, 6.45) is 2.18. The van der Waals surface area contributed by atoms with Gasteiger partial charge in [0.05, 0.1) is 6.04 Å². The van der Waals surface area contributed by atoms with Crippen molar-refractivity contribution < 1.29 is 9.32 Å². The number of ketones is 1. The van der Waals surface area contributed by atoms with Crippen LogP contribution in [0.25, 0.3) is 0 Å². The lowest BCUT2D eigenvalue weighted by Crippen LogP contribution is -2.30. The van der Waals surface area contributed by atoms with Crippen molar-refractivity contribution in [3.05, 3.63) is 11.7 Å². The highest BCUT2D eigenvalue weighted by Crippen LogP contribution is 2.31. The molecule has 1 fully saturated rings. The van der Waals surface area contributed by atoms with Gasteiger partial charge in [0.2, 0.25) is 5.78 Å². The van der Waals surface area contributed by atoms with Crippen LogP contribution in [0, 0.1) is 0 Å². The fraction of sp³-hybridized carbons (Fsp3) is 0.727. The van der Waals surface area contributed by atoms with Gasteiger partial charge in [-0.25, -0.2) is 0 Å². The van der Waals surface area contributed by atoms with Crippen LogP contribution in [-0.4, -0.2) is 33.4 Å². The molecule has 1 unspecified atom stereocenters. The van der Waals surface area contributed by atoms with Gasteiger partial charge < -0.3 is 4.52 Å². The molecule has 2 heterocycles. The maximum Gasteiger partial charge on any atom is 0.293 e. The molecule has 0 bridgehead atoms. The van der Waals surface area contributed by atoms with Crippen molar-refractivity contribution in [2.24, 2.45) is 0 Å². The molecule has 2 rings (SSSR count). The summed E-state index contributed by atoms with van der Waals surface area (Å²) in [6, 6.07) is 0.670. The standard InChI is InChI=1S/C11H17N3O2/c1-7(2)14-6-4-5-9(14)10-12-11(8(3)15)16-13-10/h7,9H,4-6H2,1-3H3. The van der Waals surface area contributed by atoms with Gasteiger partial charge in [-0.3, -0.25) is 9.69 Å². The summed E-state index contributed by atoms with van der Waals surface area (Å²) < 4.78 is 4.93. The van der Waals surface area contributed by atoms with Crippen molar-refractivity contribution in [1.29, 1.82) is 0 Å². The number of rotatable bonds is 3. The predicted molar refractivity (Wildman–Crippen MR) is 58.1 cm³/mol. The Labute approximate surface area is 94.8 Å². The van der Waals surface area contributed by atoms with Gasteiger partial charge in [0.25, 0.3) is 5.89 Å². The van der Waals surface area contributed by atoms with Gasteiger partial charge in [0.1, 0.15) is 0 Å². The lowest BCUT2D eigenvalue weighted by atomic mass is 10.2. The molecule has 1 aromatic rings. The predicted octanol–water partition coefficient (Wildman–Crippen LogP) is 1.82. The highest BCUT2D eigenvalue weighted by Gasteiger charge is 2.31. The van der Waals surface area contributed by atoms with Crippen molar-refractivity contribution in [3.8, 4) is 0 Å². The van der Waals surface area contributed by atoms with Crippen LogP contribution in [-0.2, 0) is 0 Å². The maximum atomic E-state index is 11.1. The van der Waals surface area contributed by atoms with Gasteiger partial charge in [-0.05, 0) is 33.2 Å². The monoisotopic (exact) mass is 223 g/mol. The van der Waals surface area contributed by atoms with E-state index in [4.69, 9.17) is 4.52 Å². The summed E-state index contributed by atoms with van der Waals surface area (Å²) in [6.45, 7) is 6.81. The Balaban J connectivity index is 2.19. The SMILES string of the molecule is CC(=O)c1nc(C2CCCN2C(C)C)no1. The Morgan fingerprint density at radius 2 is 2.31 bits per heavy atom. The van der Waals surface area contributed by atoms with Crippen LogP contribution in [0.15, 0.2) is 4.52 Å². The first-order valence-electron chi connectivity index (χ1n) is 5.70. The molecular weight excluding hydrogens is 206 g/mol. The Morgan fingerprint density at radius 1 is 1.56 bits per heavy atom. The van der Waals surface area contributed by atoms with Gasteiger partial charge in [-0.15, -0.1) is 0 Å². The lowest BCUT2D eigenvalue weighted by molar-refractivity contribution is 0.0972. The smallest absolute Gasteiger partial charge is 0.293 e. The first kappa shape index (κ1) is 11.3. The summed E-state index contributed by atoms with van der Waals surface area (Å²) in [5, 5.41) is 3.90. The minimum absolute atomic E-state index is 0.116. The second-order valence-corrected chi connectivity index (χ2v) is 4.50. The van der Waals surface area contributed by atoms with Crippen molar-refractivity contribution in [2.45, 2.75) is 45.7 Å². The molecule has 0 amide bonds. The number of carbonyl (C=O) groups excluding carboxylic acids is 1. The maximum absolute atomic E-state index is 11.1. The third-order valence-electron chi connectivity index (χ3n) is 3.00. The van der Waals surface area contributed by atoms with Gasteiger partial charge in [0.15, 0.2) is 5.82 Å². The zero-order valence-corrected chi connectivity index (χ0v) is 9.93. The Morgan fingerprint density at radius 3 is 2.88 bits per heavy atom. The van der Waals surface area contributed by atoms with Gasteiger partial charge >= 0.3 is 0 Å². The number of hydrogen-bond donors (Lipinski definition) is 0. The fourth-order valence-corrected chi connectivity index (χ4v) is 2.20. The van der Waals surface area contributed by atoms with Crippen LogP contribution in [0.4, 0.5) is 0 Å². The van der Waals surface area contributed by atoms with E-state index in [2.05, 4.69) is 28.9 Å². The zero-order chi connectivity index (χ0) is 11.7. The quantitative estimate of drug-likeness (QED) is 0.731. The molecule has 0 spiro atoms. The van der Waals surface area contributed by atoms with Crippen molar-refractivity contribution in [1.82, 2.24) is 15.0 Å². The first-order valence-corrected chi connectivity index (χ1v) is 5.70. The molecule has 88 valence electrons. The molecule has 0 saturated carbocycles. The number of likely N-dealkylation sites (tertiary alicyclic amines) is 1. The van der Waals surface area contributed by atoms with E-state index in [0.29, 0.717) is 11.9 Å². The molecule has 16 heavy (non-hydrogen) atoms. The van der Waals surface area contributed by atoms with Crippen molar-refractivity contribution in [3.63, 3.8) is 0 Å². The summed E-state index contributed by atoms with van der Waals surface area (Å²) in [5.74, 6) is 0.592. The summed E-state index contributed by atoms with van der Waals surface area (Å²) in [7, 11) is 0. The second kappa shape index (κ2) is 4.33. The Bertz CT molecular complexity index is 386. The Hall–Kier alpha value is -1.23. The minimum atomic E-state index is -0.173. The normalized spacial score (nSPS) is 21.9. The van der Waals surface area contributed by atoms with Gasteiger partial charge in [-0.1, -0.05) is 5.16 Å². The first-order chi connectivity index (χ1) is 7.59. The van der Waals surface area contributed by atoms with E-state index < -0.39 is 0 Å². The topological polar surface area (TPSA) is 59.2 Å². The molecule has 0 N–H and O–H groups in total. The largest absolute Gasteiger partial charge is 0.331 e. The molecule has 0 aromatic carbocycles. The van der Waals surface area contributed by atoms with E-state index >= 15 is 0 Å². The van der Waals surface area contributed by atoms with E-state index in [1.54, 1.807) is 0 Å². The number of nitrogens with zero attached hydrogens (tertiary/aromatic N) is 3. The molecule has 1 saturated heterocycles. The third kappa shape index (κ3) is 2.00. The molecule has 1 aromatic heterocycles. The van der Waals surface area contributed by atoms with E-state index in [0.717, 1.165) is 19.4 Å². The van der Waals surface area contributed by atoms with E-state index in [9.17, 15) is 4.79 Å². The van der Waals surface area contributed by atoms with Gasteiger partial charge in [0, 0.05) is 13.0 Å². The average Bonchev–Trinajstić information content (AvgIpc) is 2.86. The molecule has 0 radical (unpaired) electrons. The minimum Gasteiger partial charge on any atom is -0.331 e. The summed E-state index contributed by atoms with van der Waals surface area (Å²) >= 11 is 0. The fourth-order valence-electron chi connectivity index (χ4n) is 2.20. The number of carbonyl (C=O) groups is 1. The average molecular weight is 223 g/mol. The molecule has 1 aliphatic rings. The van der Waals surface area contributed by atoms with Crippen LogP contribution in [0.3, 0.4) is 0 Å². The van der Waals surface area contributed by atoms with Crippen LogP contribution in [0.5, 0.6) is 0 Å². The second-order valence-electron chi connectivity index (χ2n) is 4.50. The van der Waals surface area contributed by atoms with E-state index in [1.807, 2.05) is 0 Å². The Kier molecular flexibility index (Phi) is 3.05. The number of hydrogen-bond acceptors (Lipinski definition) is 5.